The van der Waals surface area contributed by atoms with E-state index in [0.29, 0.717) is 18.5 Å². The van der Waals surface area contributed by atoms with Crippen LogP contribution in [0.1, 0.15) is 34.3 Å². The molecule has 0 spiro atoms. The summed E-state index contributed by atoms with van der Waals surface area (Å²) < 4.78 is 41.6. The van der Waals surface area contributed by atoms with E-state index in [9.17, 15) is 28.2 Å². The number of hydrogen-bond donors (Lipinski definition) is 2. The number of aliphatic hydroxyl groups excluding tert-OH is 1. The molecule has 142 valence electrons. The van der Waals surface area contributed by atoms with Gasteiger partial charge in [-0.1, -0.05) is 30.3 Å². The van der Waals surface area contributed by atoms with Crippen molar-refractivity contribution in [2.45, 2.75) is 30.7 Å². The first-order valence-electron chi connectivity index (χ1n) is 8.74. The molecule has 1 aliphatic heterocycles. The summed E-state index contributed by atoms with van der Waals surface area (Å²) in [5.41, 5.74) is -3.07. The number of alkyl halides is 3. The third-order valence-electron chi connectivity index (χ3n) is 5.52. The number of nitrogens with zero attached hydrogens (tertiary/aromatic N) is 1. The van der Waals surface area contributed by atoms with Crippen LogP contribution in [0.2, 0.25) is 0 Å². The molecular formula is C20H18F3NO3. The Labute approximate surface area is 153 Å². The average molecular weight is 377 g/mol. The number of fused-ring (bicyclic) bond motifs is 3. The zero-order valence-electron chi connectivity index (χ0n) is 14.3. The molecule has 0 saturated carbocycles. The summed E-state index contributed by atoms with van der Waals surface area (Å²) in [6.45, 7) is 0.263. The van der Waals surface area contributed by atoms with Crippen molar-refractivity contribution < 1.29 is 28.2 Å². The van der Waals surface area contributed by atoms with E-state index in [0.717, 1.165) is 12.5 Å². The second kappa shape index (κ2) is 6.07. The molecule has 1 amide bonds. The topological polar surface area (TPSA) is 60.8 Å². The van der Waals surface area contributed by atoms with Gasteiger partial charge in [-0.15, -0.1) is 0 Å². The smallest absolute Gasteiger partial charge is 0.394 e. The first kappa shape index (κ1) is 18.0. The summed E-state index contributed by atoms with van der Waals surface area (Å²) in [5.74, 6) is -0.435. The number of aliphatic hydroxyl groups is 2. The molecule has 0 bridgehead atoms. The fraction of sp³-hybridized carbons (Fsp3) is 0.350. The van der Waals surface area contributed by atoms with Gasteiger partial charge in [-0.2, -0.15) is 13.2 Å². The molecule has 0 aromatic heterocycles. The van der Waals surface area contributed by atoms with E-state index in [-0.39, 0.29) is 34.9 Å². The fourth-order valence-corrected chi connectivity index (χ4v) is 4.15. The molecule has 2 aliphatic rings. The summed E-state index contributed by atoms with van der Waals surface area (Å²) >= 11 is 0. The average Bonchev–Trinajstić information content (AvgIpc) is 3.23. The minimum Gasteiger partial charge on any atom is -0.394 e. The third-order valence-corrected chi connectivity index (χ3v) is 5.52. The molecule has 2 atom stereocenters. The molecule has 7 heteroatoms. The number of carbonyl (C=O) groups excluding carboxylic acids is 1. The highest BCUT2D eigenvalue weighted by Crippen LogP contribution is 2.55. The molecule has 0 radical (unpaired) electrons. The largest absolute Gasteiger partial charge is 0.425 e. The molecule has 1 heterocycles. The molecule has 2 N–H and O–H groups in total. The Morgan fingerprint density at radius 1 is 1.15 bits per heavy atom. The zero-order valence-corrected chi connectivity index (χ0v) is 14.3. The number of halogens is 3. The standard InChI is InChI=1S/C20H18F3NO3/c21-20(22,23)19(27)16-6-2-1-5-14(16)15-8-7-12(10-17(15)19)18(26)24-9-3-4-13(24)11-25/h1-2,5-8,10,13,25,27H,3-4,9,11H2. The van der Waals surface area contributed by atoms with Gasteiger partial charge >= 0.3 is 6.18 Å². The van der Waals surface area contributed by atoms with E-state index in [1.54, 1.807) is 6.07 Å². The van der Waals surface area contributed by atoms with Gasteiger partial charge in [-0.05, 0) is 36.1 Å². The van der Waals surface area contributed by atoms with E-state index < -0.39 is 17.7 Å². The van der Waals surface area contributed by atoms with Gasteiger partial charge in [0.15, 0.2) is 0 Å². The molecule has 4 rings (SSSR count). The molecule has 1 saturated heterocycles. The lowest BCUT2D eigenvalue weighted by atomic mass is 9.90. The summed E-state index contributed by atoms with van der Waals surface area (Å²) in [7, 11) is 0. The third kappa shape index (κ3) is 2.49. The Balaban J connectivity index is 1.84. The zero-order chi connectivity index (χ0) is 19.4. The fourth-order valence-electron chi connectivity index (χ4n) is 4.15. The monoisotopic (exact) mass is 377 g/mol. The first-order chi connectivity index (χ1) is 12.8. The van der Waals surface area contributed by atoms with Crippen LogP contribution in [0.25, 0.3) is 11.1 Å². The van der Waals surface area contributed by atoms with Crippen molar-refractivity contribution in [1.29, 1.82) is 0 Å². The Kier molecular flexibility index (Phi) is 4.05. The van der Waals surface area contributed by atoms with E-state index in [4.69, 9.17) is 0 Å². The SMILES string of the molecule is O=C(c1ccc2c(c1)C(O)(C(F)(F)F)c1ccccc1-2)N1CCCC1CO. The van der Waals surface area contributed by atoms with E-state index >= 15 is 0 Å². The molecule has 4 nitrogen and oxygen atoms in total. The molecule has 27 heavy (non-hydrogen) atoms. The number of hydrogen-bond acceptors (Lipinski definition) is 3. The van der Waals surface area contributed by atoms with E-state index in [1.165, 1.54) is 35.2 Å². The van der Waals surface area contributed by atoms with Gasteiger partial charge in [0.25, 0.3) is 5.91 Å². The van der Waals surface area contributed by atoms with Crippen LogP contribution in [0.3, 0.4) is 0 Å². The highest BCUT2D eigenvalue weighted by molar-refractivity contribution is 5.96. The van der Waals surface area contributed by atoms with Gasteiger partial charge in [-0.3, -0.25) is 4.79 Å². The highest BCUT2D eigenvalue weighted by Gasteiger charge is 2.60. The molecule has 2 aromatic rings. The van der Waals surface area contributed by atoms with Crippen molar-refractivity contribution in [3.05, 3.63) is 59.2 Å². The normalized spacial score (nSPS) is 24.0. The second-order valence-corrected chi connectivity index (χ2v) is 6.99. The summed E-state index contributed by atoms with van der Waals surface area (Å²) in [4.78, 5) is 14.3. The number of amides is 1. The Morgan fingerprint density at radius 3 is 2.56 bits per heavy atom. The molecule has 1 aliphatic carbocycles. The minimum absolute atomic E-state index is 0.0737. The van der Waals surface area contributed by atoms with Crippen LogP contribution in [0.4, 0.5) is 13.2 Å². The maximum atomic E-state index is 13.9. The maximum absolute atomic E-state index is 13.9. The number of likely N-dealkylation sites (tertiary alicyclic amines) is 1. The summed E-state index contributed by atoms with van der Waals surface area (Å²) in [5, 5.41) is 20.1. The van der Waals surface area contributed by atoms with Crippen LogP contribution in [-0.2, 0) is 5.60 Å². The van der Waals surface area contributed by atoms with Crippen molar-refractivity contribution >= 4 is 5.91 Å². The minimum atomic E-state index is -4.93. The van der Waals surface area contributed by atoms with Gasteiger partial charge in [0.05, 0.1) is 12.6 Å². The Morgan fingerprint density at radius 2 is 1.85 bits per heavy atom. The highest BCUT2D eigenvalue weighted by atomic mass is 19.4. The van der Waals surface area contributed by atoms with Gasteiger partial charge in [-0.25, -0.2) is 0 Å². The van der Waals surface area contributed by atoms with Crippen molar-refractivity contribution in [3.63, 3.8) is 0 Å². The predicted octanol–water partition coefficient (Wildman–Crippen LogP) is 3.06. The van der Waals surface area contributed by atoms with E-state index in [2.05, 4.69) is 0 Å². The van der Waals surface area contributed by atoms with Crippen molar-refractivity contribution in [2.24, 2.45) is 0 Å². The van der Waals surface area contributed by atoms with Crippen LogP contribution >= 0.6 is 0 Å². The lowest BCUT2D eigenvalue weighted by molar-refractivity contribution is -0.246. The van der Waals surface area contributed by atoms with Crippen molar-refractivity contribution in [3.8, 4) is 11.1 Å². The summed E-state index contributed by atoms with van der Waals surface area (Å²) in [6, 6.07) is 9.58. The molecule has 1 fully saturated rings. The van der Waals surface area contributed by atoms with E-state index in [1.807, 2.05) is 0 Å². The number of rotatable bonds is 2. The van der Waals surface area contributed by atoms with Crippen LogP contribution in [0.5, 0.6) is 0 Å². The predicted molar refractivity (Wildman–Crippen MR) is 92.1 cm³/mol. The second-order valence-electron chi connectivity index (χ2n) is 6.99. The van der Waals surface area contributed by atoms with Crippen molar-refractivity contribution in [2.75, 3.05) is 13.2 Å². The molecule has 2 unspecified atom stereocenters. The quantitative estimate of drug-likeness (QED) is 0.846. The first-order valence-corrected chi connectivity index (χ1v) is 8.74. The lowest BCUT2D eigenvalue weighted by Gasteiger charge is -2.29. The molecular weight excluding hydrogens is 359 g/mol. The Bertz CT molecular complexity index is 912. The van der Waals surface area contributed by atoms with Gasteiger partial charge < -0.3 is 15.1 Å². The van der Waals surface area contributed by atoms with Crippen LogP contribution in [0.15, 0.2) is 42.5 Å². The van der Waals surface area contributed by atoms with Gasteiger partial charge in [0.2, 0.25) is 5.60 Å². The Hall–Kier alpha value is -2.38. The lowest BCUT2D eigenvalue weighted by Crippen LogP contribution is -2.42. The number of carbonyl (C=O) groups is 1. The van der Waals surface area contributed by atoms with Crippen LogP contribution in [-0.4, -0.2) is 46.4 Å². The van der Waals surface area contributed by atoms with Crippen LogP contribution < -0.4 is 0 Å². The summed E-state index contributed by atoms with van der Waals surface area (Å²) in [6.07, 6.45) is -3.54. The van der Waals surface area contributed by atoms with Crippen LogP contribution in [0, 0.1) is 0 Å². The number of benzene rings is 2. The van der Waals surface area contributed by atoms with Gasteiger partial charge in [0, 0.05) is 23.2 Å². The maximum Gasteiger partial charge on any atom is 0.425 e. The molecule has 2 aromatic carbocycles. The van der Waals surface area contributed by atoms with Crippen molar-refractivity contribution in [1.82, 2.24) is 4.90 Å². The van der Waals surface area contributed by atoms with Gasteiger partial charge in [0.1, 0.15) is 0 Å².